The summed E-state index contributed by atoms with van der Waals surface area (Å²) in [4.78, 5) is 20.9. The third-order valence-electron chi connectivity index (χ3n) is 5.76. The van der Waals surface area contributed by atoms with Crippen LogP contribution < -0.4 is 5.56 Å². The van der Waals surface area contributed by atoms with Gasteiger partial charge < -0.3 is 4.57 Å². The van der Waals surface area contributed by atoms with Gasteiger partial charge in [0.05, 0.1) is 23.0 Å². The van der Waals surface area contributed by atoms with E-state index in [1.165, 1.54) is 10.6 Å². The molecule has 6 nitrogen and oxygen atoms in total. The van der Waals surface area contributed by atoms with Gasteiger partial charge in [-0.2, -0.15) is 5.26 Å². The van der Waals surface area contributed by atoms with Crippen molar-refractivity contribution < 1.29 is 0 Å². The first-order chi connectivity index (χ1) is 17.1. The van der Waals surface area contributed by atoms with Crippen LogP contribution in [0.2, 0.25) is 5.02 Å². The van der Waals surface area contributed by atoms with Crippen LogP contribution in [0, 0.1) is 11.3 Å². The summed E-state index contributed by atoms with van der Waals surface area (Å²) in [5.74, 6) is 0.515. The Morgan fingerprint density at radius 3 is 2.54 bits per heavy atom. The Morgan fingerprint density at radius 1 is 0.943 bits per heavy atom. The molecular weight excluding hydrogens is 458 g/mol. The summed E-state index contributed by atoms with van der Waals surface area (Å²) in [5, 5.41) is 10.0. The molecule has 2 aromatic carbocycles. The lowest BCUT2D eigenvalue weighted by molar-refractivity contribution is 0.753. The van der Waals surface area contributed by atoms with E-state index in [0.717, 1.165) is 27.9 Å². The van der Waals surface area contributed by atoms with Crippen molar-refractivity contribution in [3.05, 3.63) is 135 Å². The SMILES string of the molecule is N#Cc1ccc(Cn2cncc2Cc2ccc(-n3cc(Cl)ccc3=O)nc2)cc1-c1ccccc1. The standard InChI is InChI=1S/C28H20ClN5O/c29-24-9-11-28(35)34(18-24)27-10-7-20(15-32-27)12-25-16-31-19-33(25)17-21-6-8-23(14-30)26(13-21)22-4-2-1-3-5-22/h1-11,13,15-16,18-19H,12,17H2. The zero-order valence-corrected chi connectivity index (χ0v) is 19.4. The fourth-order valence-electron chi connectivity index (χ4n) is 3.99. The van der Waals surface area contributed by atoms with Crippen LogP contribution in [0.3, 0.4) is 0 Å². The minimum Gasteiger partial charge on any atom is -0.330 e. The predicted octanol–water partition coefficient (Wildman–Crippen LogP) is 5.26. The third-order valence-corrected chi connectivity index (χ3v) is 5.98. The van der Waals surface area contributed by atoms with Gasteiger partial charge in [0.25, 0.3) is 5.56 Å². The molecule has 35 heavy (non-hydrogen) atoms. The monoisotopic (exact) mass is 477 g/mol. The average molecular weight is 478 g/mol. The number of hydrogen-bond donors (Lipinski definition) is 0. The van der Waals surface area contributed by atoms with Gasteiger partial charge in [0.1, 0.15) is 5.82 Å². The summed E-state index contributed by atoms with van der Waals surface area (Å²) in [6, 6.07) is 24.9. The van der Waals surface area contributed by atoms with Crippen molar-refractivity contribution in [2.75, 3.05) is 0 Å². The molecule has 3 heterocycles. The van der Waals surface area contributed by atoms with Crippen LogP contribution in [0.5, 0.6) is 0 Å². The minimum absolute atomic E-state index is 0.190. The van der Waals surface area contributed by atoms with Gasteiger partial charge in [-0.1, -0.05) is 54.1 Å². The fraction of sp³-hybridized carbons (Fsp3) is 0.0714. The maximum absolute atomic E-state index is 12.1. The van der Waals surface area contributed by atoms with Crippen LogP contribution in [-0.4, -0.2) is 19.1 Å². The minimum atomic E-state index is -0.190. The molecule has 0 saturated carbocycles. The Kier molecular flexibility index (Phi) is 6.25. The number of imidazole rings is 1. The Balaban J connectivity index is 1.37. The van der Waals surface area contributed by atoms with E-state index in [1.807, 2.05) is 61.1 Å². The maximum atomic E-state index is 12.1. The summed E-state index contributed by atoms with van der Waals surface area (Å²) >= 11 is 6.03. The molecule has 0 fully saturated rings. The van der Waals surface area contributed by atoms with Crippen molar-refractivity contribution in [2.24, 2.45) is 0 Å². The van der Waals surface area contributed by atoms with E-state index < -0.39 is 0 Å². The first-order valence-electron chi connectivity index (χ1n) is 11.0. The molecule has 0 radical (unpaired) electrons. The molecule has 5 rings (SSSR count). The second kappa shape index (κ2) is 9.80. The van der Waals surface area contributed by atoms with E-state index in [9.17, 15) is 10.1 Å². The highest BCUT2D eigenvalue weighted by Crippen LogP contribution is 2.25. The molecule has 7 heteroatoms. The Bertz CT molecular complexity index is 1580. The number of nitrogens with zero attached hydrogens (tertiary/aromatic N) is 5. The molecule has 0 saturated heterocycles. The highest BCUT2D eigenvalue weighted by atomic mass is 35.5. The molecule has 0 aliphatic rings. The maximum Gasteiger partial charge on any atom is 0.256 e. The number of rotatable bonds is 6. The van der Waals surface area contributed by atoms with Crippen LogP contribution in [-0.2, 0) is 13.0 Å². The Labute approximate surface area is 207 Å². The van der Waals surface area contributed by atoms with Gasteiger partial charge in [0.2, 0.25) is 0 Å². The quantitative estimate of drug-likeness (QED) is 0.334. The summed E-state index contributed by atoms with van der Waals surface area (Å²) in [7, 11) is 0. The lowest BCUT2D eigenvalue weighted by Gasteiger charge is -2.12. The highest BCUT2D eigenvalue weighted by molar-refractivity contribution is 6.30. The predicted molar refractivity (Wildman–Crippen MR) is 136 cm³/mol. The van der Waals surface area contributed by atoms with Gasteiger partial charge in [0.15, 0.2) is 0 Å². The number of nitriles is 1. The number of pyridine rings is 2. The van der Waals surface area contributed by atoms with Crippen molar-refractivity contribution >= 4 is 11.6 Å². The van der Waals surface area contributed by atoms with Gasteiger partial charge in [-0.3, -0.25) is 9.36 Å². The largest absolute Gasteiger partial charge is 0.330 e. The summed E-state index contributed by atoms with van der Waals surface area (Å²) in [6.45, 7) is 0.629. The second-order valence-corrected chi connectivity index (χ2v) is 8.56. The van der Waals surface area contributed by atoms with E-state index in [-0.39, 0.29) is 5.56 Å². The molecule has 0 unspecified atom stereocenters. The number of hydrogen-bond acceptors (Lipinski definition) is 4. The zero-order valence-electron chi connectivity index (χ0n) is 18.7. The molecule has 0 aliphatic carbocycles. The Morgan fingerprint density at radius 2 is 1.77 bits per heavy atom. The normalized spacial score (nSPS) is 10.7. The summed E-state index contributed by atoms with van der Waals surface area (Å²) < 4.78 is 3.51. The van der Waals surface area contributed by atoms with Crippen molar-refractivity contribution in [1.82, 2.24) is 19.1 Å². The lowest BCUT2D eigenvalue weighted by Crippen LogP contribution is -2.17. The number of benzene rings is 2. The van der Waals surface area contributed by atoms with Crippen molar-refractivity contribution in [3.63, 3.8) is 0 Å². The van der Waals surface area contributed by atoms with Gasteiger partial charge in [0, 0.05) is 43.3 Å². The average Bonchev–Trinajstić information content (AvgIpc) is 3.32. The van der Waals surface area contributed by atoms with Gasteiger partial charge >= 0.3 is 0 Å². The van der Waals surface area contributed by atoms with Crippen LogP contribution >= 0.6 is 11.6 Å². The summed E-state index contributed by atoms with van der Waals surface area (Å²) in [6.07, 6.45) is 7.61. The van der Waals surface area contributed by atoms with E-state index in [4.69, 9.17) is 11.6 Å². The molecular formula is C28H20ClN5O. The molecule has 0 aliphatic heterocycles. The molecule has 0 amide bonds. The topological polar surface area (TPSA) is 76.5 Å². The van der Waals surface area contributed by atoms with Gasteiger partial charge in [-0.05, 0) is 46.5 Å². The molecule has 170 valence electrons. The highest BCUT2D eigenvalue weighted by Gasteiger charge is 2.10. The lowest BCUT2D eigenvalue weighted by atomic mass is 9.98. The van der Waals surface area contributed by atoms with Gasteiger partial charge in [-0.15, -0.1) is 0 Å². The second-order valence-electron chi connectivity index (χ2n) is 8.13. The van der Waals surface area contributed by atoms with Crippen molar-refractivity contribution in [1.29, 1.82) is 5.26 Å². The van der Waals surface area contributed by atoms with Crippen molar-refractivity contribution in [3.8, 4) is 23.0 Å². The van der Waals surface area contributed by atoms with E-state index in [0.29, 0.717) is 29.4 Å². The summed E-state index contributed by atoms with van der Waals surface area (Å²) in [5.41, 5.74) is 5.50. The van der Waals surface area contributed by atoms with Crippen LogP contribution in [0.1, 0.15) is 22.4 Å². The van der Waals surface area contributed by atoms with Crippen LogP contribution in [0.15, 0.2) is 103 Å². The fourth-order valence-corrected chi connectivity index (χ4v) is 4.15. The van der Waals surface area contributed by atoms with Crippen LogP contribution in [0.4, 0.5) is 0 Å². The van der Waals surface area contributed by atoms with Crippen molar-refractivity contribution in [2.45, 2.75) is 13.0 Å². The first-order valence-corrected chi connectivity index (χ1v) is 11.4. The van der Waals surface area contributed by atoms with E-state index >= 15 is 0 Å². The molecule has 0 N–H and O–H groups in total. The van der Waals surface area contributed by atoms with Gasteiger partial charge in [-0.25, -0.2) is 9.97 Å². The number of aromatic nitrogens is 4. The molecule has 0 spiro atoms. The van der Waals surface area contributed by atoms with Crippen LogP contribution in [0.25, 0.3) is 16.9 Å². The molecule has 5 aromatic rings. The molecule has 0 atom stereocenters. The third kappa shape index (κ3) is 4.91. The zero-order chi connectivity index (χ0) is 24.2. The Hall–Kier alpha value is -4.47. The molecule has 0 bridgehead atoms. The number of halogens is 1. The van der Waals surface area contributed by atoms with E-state index in [1.54, 1.807) is 24.5 Å². The molecule has 3 aromatic heterocycles. The first kappa shape index (κ1) is 22.3. The van der Waals surface area contributed by atoms with E-state index in [2.05, 4.69) is 26.7 Å². The smallest absolute Gasteiger partial charge is 0.256 e.